The highest BCUT2D eigenvalue weighted by Gasteiger charge is 2.22. The molecule has 4 heterocycles. The lowest BCUT2D eigenvalue weighted by molar-refractivity contribution is 0.255. The molecule has 0 aliphatic carbocycles. The van der Waals surface area contributed by atoms with Crippen LogP contribution in [0.4, 0.5) is 11.6 Å². The van der Waals surface area contributed by atoms with Gasteiger partial charge < -0.3 is 10.2 Å². The van der Waals surface area contributed by atoms with Crippen molar-refractivity contribution >= 4 is 22.7 Å². The number of hydrogen-bond donors (Lipinski definition) is 1. The second-order valence-electron chi connectivity index (χ2n) is 10.8. The Labute approximate surface area is 221 Å². The van der Waals surface area contributed by atoms with E-state index in [0.29, 0.717) is 28.7 Å². The first-order valence-electron chi connectivity index (χ1n) is 13.3. The highest BCUT2D eigenvalue weighted by atomic mass is 16.1. The molecule has 1 saturated heterocycles. The Morgan fingerprint density at radius 1 is 1.00 bits per heavy atom. The van der Waals surface area contributed by atoms with Gasteiger partial charge in [0.25, 0.3) is 11.1 Å². The summed E-state index contributed by atoms with van der Waals surface area (Å²) in [6.07, 6.45) is 3.90. The minimum Gasteiger partial charge on any atom is -0.324 e. The van der Waals surface area contributed by atoms with Gasteiger partial charge in [-0.05, 0) is 103 Å². The number of anilines is 2. The van der Waals surface area contributed by atoms with Crippen LogP contribution in [0.1, 0.15) is 69.7 Å². The molecule has 0 bridgehead atoms. The highest BCUT2D eigenvalue weighted by molar-refractivity contribution is 5.77. The zero-order valence-electron chi connectivity index (χ0n) is 23.0. The Morgan fingerprint density at radius 2 is 1.74 bits per heavy atom. The van der Waals surface area contributed by atoms with Crippen LogP contribution < -0.4 is 16.4 Å². The molecule has 38 heavy (non-hydrogen) atoms. The van der Waals surface area contributed by atoms with Crippen molar-refractivity contribution in [3.63, 3.8) is 0 Å². The first-order valence-corrected chi connectivity index (χ1v) is 13.3. The largest absolute Gasteiger partial charge is 0.324 e. The third-order valence-corrected chi connectivity index (χ3v) is 7.31. The zero-order valence-corrected chi connectivity index (χ0v) is 23.0. The summed E-state index contributed by atoms with van der Waals surface area (Å²) < 4.78 is 4.69. The standard InChI is InChI=1S/C28H36N8O2/c1-17(2)34-25(37)10-9-24(32-34)36-26-23(27(38)35(36)18(3)4)16-29-28(31-26)30-21-7-8-22(19(5)15-21)20-11-13-33(6)14-12-20/h7-10,15-18,20H,11-14H2,1-6H3,(H,29,30,31). The van der Waals surface area contributed by atoms with Crippen molar-refractivity contribution in [1.82, 2.24) is 34.0 Å². The molecule has 1 aliphatic rings. The minimum absolute atomic E-state index is 0.129. The molecule has 5 rings (SSSR count). The Balaban J connectivity index is 1.54. The summed E-state index contributed by atoms with van der Waals surface area (Å²) in [6, 6.07) is 9.21. The van der Waals surface area contributed by atoms with E-state index in [4.69, 9.17) is 4.98 Å². The van der Waals surface area contributed by atoms with E-state index in [9.17, 15) is 9.59 Å². The van der Waals surface area contributed by atoms with Gasteiger partial charge in [0, 0.05) is 24.0 Å². The summed E-state index contributed by atoms with van der Waals surface area (Å²) in [7, 11) is 2.18. The Bertz CT molecular complexity index is 1590. The quantitative estimate of drug-likeness (QED) is 0.410. The van der Waals surface area contributed by atoms with Crippen LogP contribution in [0.3, 0.4) is 0 Å². The van der Waals surface area contributed by atoms with Crippen molar-refractivity contribution in [1.29, 1.82) is 0 Å². The van der Waals surface area contributed by atoms with Gasteiger partial charge in [0.1, 0.15) is 5.39 Å². The predicted octanol–water partition coefficient (Wildman–Crippen LogP) is 4.16. The van der Waals surface area contributed by atoms with Gasteiger partial charge in [-0.15, -0.1) is 5.10 Å². The average molecular weight is 517 g/mol. The van der Waals surface area contributed by atoms with Crippen LogP contribution in [-0.2, 0) is 0 Å². The van der Waals surface area contributed by atoms with E-state index in [2.05, 4.69) is 52.5 Å². The SMILES string of the molecule is Cc1cc(Nc2ncc3c(=O)n(C(C)C)n(-c4ccc(=O)n(C(C)C)n4)c3n2)ccc1C1CCN(C)CC1. The number of nitrogens with one attached hydrogen (secondary N) is 1. The van der Waals surface area contributed by atoms with Gasteiger partial charge in [0.2, 0.25) is 5.95 Å². The van der Waals surface area contributed by atoms with E-state index in [0.717, 1.165) is 18.8 Å². The maximum Gasteiger partial charge on any atom is 0.278 e. The van der Waals surface area contributed by atoms with Gasteiger partial charge in [-0.1, -0.05) is 6.07 Å². The number of fused-ring (bicyclic) bond motifs is 1. The van der Waals surface area contributed by atoms with Crippen LogP contribution in [0.25, 0.3) is 16.9 Å². The van der Waals surface area contributed by atoms with Crippen molar-refractivity contribution in [3.8, 4) is 5.82 Å². The van der Waals surface area contributed by atoms with Crippen LogP contribution >= 0.6 is 0 Å². The van der Waals surface area contributed by atoms with Gasteiger partial charge in [0.15, 0.2) is 11.5 Å². The Hall–Kier alpha value is -3.79. The van der Waals surface area contributed by atoms with E-state index >= 15 is 0 Å². The summed E-state index contributed by atoms with van der Waals surface area (Å²) in [5.74, 6) is 1.41. The molecule has 0 amide bonds. The number of nitrogens with zero attached hydrogens (tertiary/aromatic N) is 7. The first kappa shape index (κ1) is 25.8. The third-order valence-electron chi connectivity index (χ3n) is 7.31. The molecule has 0 atom stereocenters. The predicted molar refractivity (Wildman–Crippen MR) is 150 cm³/mol. The lowest BCUT2D eigenvalue weighted by Crippen LogP contribution is -2.29. The molecule has 10 nitrogen and oxygen atoms in total. The van der Waals surface area contributed by atoms with E-state index in [1.165, 1.54) is 34.7 Å². The van der Waals surface area contributed by atoms with E-state index in [1.54, 1.807) is 21.6 Å². The molecule has 1 N–H and O–H groups in total. The van der Waals surface area contributed by atoms with Crippen LogP contribution in [0.15, 0.2) is 46.1 Å². The number of benzene rings is 1. The summed E-state index contributed by atoms with van der Waals surface area (Å²) in [5.41, 5.74) is 3.56. The molecule has 1 aromatic carbocycles. The Morgan fingerprint density at radius 3 is 2.39 bits per heavy atom. The fourth-order valence-corrected chi connectivity index (χ4v) is 5.30. The molecule has 0 saturated carbocycles. The lowest BCUT2D eigenvalue weighted by atomic mass is 9.87. The summed E-state index contributed by atoms with van der Waals surface area (Å²) >= 11 is 0. The van der Waals surface area contributed by atoms with Crippen molar-refractivity contribution < 1.29 is 0 Å². The molecular formula is C28H36N8O2. The number of aryl methyl sites for hydroxylation is 1. The number of hydrogen-bond acceptors (Lipinski definition) is 7. The Kier molecular flexibility index (Phi) is 6.92. The molecule has 10 heteroatoms. The van der Waals surface area contributed by atoms with E-state index < -0.39 is 0 Å². The second-order valence-corrected chi connectivity index (χ2v) is 10.8. The zero-order chi connectivity index (χ0) is 27.1. The molecular weight excluding hydrogens is 480 g/mol. The molecule has 3 aromatic heterocycles. The fraction of sp³-hybridized carbons (Fsp3) is 0.464. The molecule has 1 aliphatic heterocycles. The molecule has 200 valence electrons. The van der Waals surface area contributed by atoms with Crippen LogP contribution in [0.5, 0.6) is 0 Å². The third kappa shape index (κ3) is 4.76. The molecule has 0 radical (unpaired) electrons. The van der Waals surface area contributed by atoms with Crippen LogP contribution in [-0.4, -0.2) is 54.1 Å². The van der Waals surface area contributed by atoms with Crippen molar-refractivity contribution in [3.05, 3.63) is 68.4 Å². The topological polar surface area (TPSA) is 103 Å². The van der Waals surface area contributed by atoms with Crippen molar-refractivity contribution in [2.75, 3.05) is 25.5 Å². The second kappa shape index (κ2) is 10.2. The van der Waals surface area contributed by atoms with Crippen LogP contribution in [0, 0.1) is 6.92 Å². The summed E-state index contributed by atoms with van der Waals surface area (Å²) in [6.45, 7) is 12.0. The van der Waals surface area contributed by atoms with Gasteiger partial charge in [-0.3, -0.25) is 9.59 Å². The summed E-state index contributed by atoms with van der Waals surface area (Å²) in [5, 5.41) is 8.27. The number of aromatic nitrogens is 6. The lowest BCUT2D eigenvalue weighted by Gasteiger charge is -2.30. The highest BCUT2D eigenvalue weighted by Crippen LogP contribution is 2.31. The normalized spacial score (nSPS) is 15.2. The van der Waals surface area contributed by atoms with E-state index in [1.807, 2.05) is 27.7 Å². The molecule has 0 spiro atoms. The number of piperidine rings is 1. The fourth-order valence-electron chi connectivity index (χ4n) is 5.30. The summed E-state index contributed by atoms with van der Waals surface area (Å²) in [4.78, 5) is 37.2. The molecule has 1 fully saturated rings. The van der Waals surface area contributed by atoms with Gasteiger partial charge in [0.05, 0.1) is 6.04 Å². The molecule has 4 aromatic rings. The van der Waals surface area contributed by atoms with Crippen LogP contribution in [0.2, 0.25) is 0 Å². The average Bonchev–Trinajstić information content (AvgIpc) is 3.17. The molecule has 0 unspecified atom stereocenters. The maximum atomic E-state index is 13.3. The first-order chi connectivity index (χ1) is 18.1. The maximum absolute atomic E-state index is 13.3. The van der Waals surface area contributed by atoms with Gasteiger partial charge >= 0.3 is 0 Å². The van der Waals surface area contributed by atoms with Gasteiger partial charge in [-0.25, -0.2) is 19.0 Å². The van der Waals surface area contributed by atoms with E-state index in [-0.39, 0.29) is 23.2 Å². The van der Waals surface area contributed by atoms with Gasteiger partial charge in [-0.2, -0.15) is 4.98 Å². The van der Waals surface area contributed by atoms with Crippen molar-refractivity contribution in [2.45, 2.75) is 65.5 Å². The van der Waals surface area contributed by atoms with Crippen molar-refractivity contribution in [2.24, 2.45) is 0 Å². The minimum atomic E-state index is -0.205. The number of likely N-dealkylation sites (tertiary alicyclic amines) is 1. The monoisotopic (exact) mass is 516 g/mol. The number of rotatable bonds is 6. The smallest absolute Gasteiger partial charge is 0.278 e.